The number of carbonyl (C=O) groups excluding carboxylic acids is 1. The van der Waals surface area contributed by atoms with Gasteiger partial charge >= 0.3 is 29.6 Å². The molecule has 2 heterocycles. The topological polar surface area (TPSA) is 108 Å². The number of benzene rings is 1. The number of nitrogens with one attached hydrogen (secondary N) is 1. The molecule has 1 aliphatic heterocycles. The van der Waals surface area contributed by atoms with Crippen molar-refractivity contribution in [3.8, 4) is 0 Å². The minimum Gasteiger partial charge on any atom is -0.423 e. The third-order valence-corrected chi connectivity index (χ3v) is 7.97. The summed E-state index contributed by atoms with van der Waals surface area (Å²) in [7, 11) is -2.52. The van der Waals surface area contributed by atoms with Crippen LogP contribution in [0.3, 0.4) is 0 Å². The molecule has 1 aromatic heterocycles. The minimum atomic E-state index is -4.29. The summed E-state index contributed by atoms with van der Waals surface area (Å²) in [6.07, 6.45) is 10.1. The van der Waals surface area contributed by atoms with Gasteiger partial charge in [-0.05, 0) is 79.3 Å². The number of hydrogen-bond donors (Lipinski definition) is 1. The van der Waals surface area contributed by atoms with Gasteiger partial charge in [0.15, 0.2) is 11.8 Å². The van der Waals surface area contributed by atoms with E-state index < -0.39 is 16.2 Å². The van der Waals surface area contributed by atoms with Crippen LogP contribution in [-0.4, -0.2) is 43.3 Å². The van der Waals surface area contributed by atoms with E-state index in [1.807, 2.05) is 0 Å². The van der Waals surface area contributed by atoms with Gasteiger partial charge in [0.25, 0.3) is 10.2 Å². The van der Waals surface area contributed by atoms with Crippen molar-refractivity contribution in [2.24, 2.45) is 7.05 Å². The molecule has 2 aromatic rings. The number of ether oxygens (including phenoxy) is 1. The number of imidazole rings is 1. The number of amides is 2. The Balaban J connectivity index is 0.00000259. The third kappa shape index (κ3) is 4.95. The normalized spacial score (nSPS) is 17.7. The Hall–Kier alpha value is -1.59. The number of hydrogen-bond acceptors (Lipinski definition) is 5. The molecule has 3 aliphatic rings. The Labute approximate surface area is 216 Å². The van der Waals surface area contributed by atoms with Crippen molar-refractivity contribution >= 4 is 27.7 Å². The maximum absolute atomic E-state index is 13.3. The summed E-state index contributed by atoms with van der Waals surface area (Å²) in [6.45, 7) is 0.913. The van der Waals surface area contributed by atoms with Crippen LogP contribution in [0.25, 0.3) is 4.72 Å². The molecule has 2 amide bonds. The fourth-order valence-electron chi connectivity index (χ4n) is 5.17. The molecule has 1 fully saturated rings. The fraction of sp³-hybridized carbons (Fsp3) is 0.545. The standard InChI is InChI=1S/C22H29N5O4S.Na/c1-26-13-20(23-14-26)27(17-8-10-31-11-9-17)32(29,30)25-22(28)24-21-18-6-2-4-15(18)12-16-5-3-7-19(16)21;/h12-14,17H,2-11H2,1H3,(H2,24,25,28);/q;+1/p-1. The first-order chi connectivity index (χ1) is 15.4. The maximum atomic E-state index is 13.3. The number of carbonyl (C=O) groups is 1. The fourth-order valence-corrected chi connectivity index (χ4v) is 6.43. The number of fused-ring (bicyclic) bond motifs is 2. The molecule has 172 valence electrons. The van der Waals surface area contributed by atoms with Gasteiger partial charge in [-0.1, -0.05) is 6.07 Å². The Morgan fingerprint density at radius 2 is 1.79 bits per heavy atom. The third-order valence-electron chi connectivity index (χ3n) is 6.59. The molecule has 1 aromatic carbocycles. The minimum absolute atomic E-state index is 0. The van der Waals surface area contributed by atoms with E-state index in [0.29, 0.717) is 26.1 Å². The average molecular weight is 482 g/mol. The molecule has 0 spiro atoms. The van der Waals surface area contributed by atoms with Crippen LogP contribution in [0.5, 0.6) is 0 Å². The molecule has 0 radical (unpaired) electrons. The smallest absolute Gasteiger partial charge is 0.423 e. The quantitative estimate of drug-likeness (QED) is 0.616. The molecule has 0 atom stereocenters. The zero-order valence-corrected chi connectivity index (χ0v) is 22.0. The van der Waals surface area contributed by atoms with Crippen LogP contribution in [0.15, 0.2) is 18.6 Å². The Morgan fingerprint density at radius 1 is 1.15 bits per heavy atom. The van der Waals surface area contributed by atoms with E-state index in [2.05, 4.69) is 21.1 Å². The zero-order chi connectivity index (χ0) is 22.3. The summed E-state index contributed by atoms with van der Waals surface area (Å²) in [4.78, 5) is 17.1. The van der Waals surface area contributed by atoms with E-state index in [1.165, 1.54) is 21.8 Å². The van der Waals surface area contributed by atoms with Gasteiger partial charge in [0.1, 0.15) is 0 Å². The van der Waals surface area contributed by atoms with Crippen LogP contribution in [-0.2, 0) is 47.7 Å². The van der Waals surface area contributed by atoms with Crippen molar-refractivity contribution in [3.63, 3.8) is 0 Å². The Morgan fingerprint density at radius 3 is 2.36 bits per heavy atom. The second kappa shape index (κ2) is 9.95. The van der Waals surface area contributed by atoms with Crippen LogP contribution in [0.4, 0.5) is 16.3 Å². The van der Waals surface area contributed by atoms with Crippen LogP contribution in [0.2, 0.25) is 0 Å². The summed E-state index contributed by atoms with van der Waals surface area (Å²) >= 11 is 0. The number of urea groups is 1. The van der Waals surface area contributed by atoms with Gasteiger partial charge in [-0.25, -0.2) is 17.7 Å². The van der Waals surface area contributed by atoms with Crippen LogP contribution >= 0.6 is 0 Å². The van der Waals surface area contributed by atoms with Gasteiger partial charge in [-0.3, -0.25) is 4.79 Å². The average Bonchev–Trinajstić information content (AvgIpc) is 3.49. The number of nitrogens with zero attached hydrogens (tertiary/aromatic N) is 4. The molecule has 5 rings (SSSR count). The van der Waals surface area contributed by atoms with Crippen LogP contribution in [0, 0.1) is 0 Å². The largest absolute Gasteiger partial charge is 1.00 e. The van der Waals surface area contributed by atoms with Crippen molar-refractivity contribution in [1.82, 2.24) is 9.55 Å². The number of aromatic nitrogens is 2. The molecule has 0 saturated carbocycles. The van der Waals surface area contributed by atoms with Crippen LogP contribution < -0.4 is 39.2 Å². The number of anilines is 2. The summed E-state index contributed by atoms with van der Waals surface area (Å²) < 4.78 is 38.5. The van der Waals surface area contributed by atoms with E-state index in [-0.39, 0.29) is 41.4 Å². The molecule has 0 bridgehead atoms. The molecule has 9 nitrogen and oxygen atoms in total. The van der Waals surface area contributed by atoms with E-state index in [9.17, 15) is 13.2 Å². The summed E-state index contributed by atoms with van der Waals surface area (Å²) in [5.74, 6) is 0.262. The molecule has 1 N–H and O–H groups in total. The predicted molar refractivity (Wildman–Crippen MR) is 121 cm³/mol. The molecule has 11 heteroatoms. The molecule has 2 aliphatic carbocycles. The molecular formula is C22H28N5NaO4S. The predicted octanol–water partition coefficient (Wildman–Crippen LogP) is 0.238. The van der Waals surface area contributed by atoms with Gasteiger partial charge in [0, 0.05) is 26.5 Å². The van der Waals surface area contributed by atoms with Crippen molar-refractivity contribution in [2.75, 3.05) is 22.8 Å². The molecule has 33 heavy (non-hydrogen) atoms. The van der Waals surface area contributed by atoms with Gasteiger partial charge in [0.05, 0.1) is 12.4 Å². The van der Waals surface area contributed by atoms with E-state index in [1.54, 1.807) is 17.8 Å². The maximum Gasteiger partial charge on any atom is 1.00 e. The Bertz CT molecular complexity index is 1110. The van der Waals surface area contributed by atoms with Crippen molar-refractivity contribution in [1.29, 1.82) is 0 Å². The zero-order valence-electron chi connectivity index (χ0n) is 19.2. The second-order valence-electron chi connectivity index (χ2n) is 8.77. The second-order valence-corrected chi connectivity index (χ2v) is 10.2. The summed E-state index contributed by atoms with van der Waals surface area (Å²) in [5, 5.41) is 2.85. The van der Waals surface area contributed by atoms with Crippen molar-refractivity contribution in [2.45, 2.75) is 57.4 Å². The summed E-state index contributed by atoms with van der Waals surface area (Å²) in [5.41, 5.74) is 5.59. The van der Waals surface area contributed by atoms with Gasteiger partial charge < -0.3 is 19.3 Å². The molecular weight excluding hydrogens is 453 g/mol. The number of rotatable bonds is 5. The van der Waals surface area contributed by atoms with Gasteiger partial charge in [-0.2, -0.15) is 0 Å². The first-order valence-electron chi connectivity index (χ1n) is 11.2. The SMILES string of the molecule is Cn1cnc(N(C2CCOCC2)S(=O)(=O)[N-]C(=O)Nc2c3c(cc4c2CCC4)CCC3)c1.[Na+]. The van der Waals surface area contributed by atoms with E-state index in [0.717, 1.165) is 55.3 Å². The van der Waals surface area contributed by atoms with Gasteiger partial charge in [0.2, 0.25) is 0 Å². The van der Waals surface area contributed by atoms with Crippen LogP contribution in [0.1, 0.15) is 47.9 Å². The monoisotopic (exact) mass is 481 g/mol. The van der Waals surface area contributed by atoms with Crippen molar-refractivity contribution in [3.05, 3.63) is 45.6 Å². The molecule has 1 saturated heterocycles. The summed E-state index contributed by atoms with van der Waals surface area (Å²) in [6, 6.07) is 1.06. The first-order valence-corrected chi connectivity index (χ1v) is 12.6. The molecule has 0 unspecified atom stereocenters. The first kappa shape index (κ1) is 24.5. The number of aryl methyl sites for hydroxylation is 3. The van der Waals surface area contributed by atoms with Crippen molar-refractivity contribution < 1.29 is 47.5 Å². The Kier molecular flexibility index (Phi) is 7.40. The van der Waals surface area contributed by atoms with Gasteiger partial charge in [-0.15, -0.1) is 0 Å². The van der Waals surface area contributed by atoms with E-state index in [4.69, 9.17) is 4.74 Å². The van der Waals surface area contributed by atoms with E-state index >= 15 is 0 Å².